The van der Waals surface area contributed by atoms with Gasteiger partial charge in [-0.25, -0.2) is 4.79 Å². The Labute approximate surface area is 177 Å². The zero-order valence-electron chi connectivity index (χ0n) is 18.1. The van der Waals surface area contributed by atoms with Crippen molar-refractivity contribution >= 4 is 23.8 Å². The summed E-state index contributed by atoms with van der Waals surface area (Å²) in [7, 11) is 0. The second-order valence-corrected chi connectivity index (χ2v) is 8.55. The average molecular weight is 415 g/mol. The third-order valence-electron chi connectivity index (χ3n) is 4.56. The van der Waals surface area contributed by atoms with Gasteiger partial charge in [0.15, 0.2) is 0 Å². The fraction of sp³-hybridized carbons (Fsp3) is 0.478. The molecule has 1 heterocycles. The molecule has 0 aliphatic carbocycles. The molecule has 2 amide bonds. The summed E-state index contributed by atoms with van der Waals surface area (Å²) >= 11 is 0. The summed E-state index contributed by atoms with van der Waals surface area (Å²) in [4.78, 5) is 51.4. The Morgan fingerprint density at radius 1 is 1.10 bits per heavy atom. The predicted octanol–water partition coefficient (Wildman–Crippen LogP) is 3.53. The molecule has 7 heteroatoms. The molecule has 0 bridgehead atoms. The van der Waals surface area contributed by atoms with Crippen LogP contribution in [0.3, 0.4) is 0 Å². The van der Waals surface area contributed by atoms with Crippen LogP contribution in [0.1, 0.15) is 68.2 Å². The van der Waals surface area contributed by atoms with Gasteiger partial charge in [0.2, 0.25) is 0 Å². The van der Waals surface area contributed by atoms with Gasteiger partial charge in [-0.2, -0.15) is 0 Å². The van der Waals surface area contributed by atoms with Crippen LogP contribution in [0.4, 0.5) is 0 Å². The Bertz CT molecular complexity index is 816. The first-order valence-corrected chi connectivity index (χ1v) is 9.98. The molecule has 0 unspecified atom stereocenters. The Hall–Kier alpha value is -2.96. The van der Waals surface area contributed by atoms with Crippen LogP contribution in [0, 0.1) is 5.92 Å². The molecule has 0 fully saturated rings. The molecule has 1 aromatic carbocycles. The van der Waals surface area contributed by atoms with E-state index in [2.05, 4.69) is 6.58 Å². The van der Waals surface area contributed by atoms with E-state index in [0.717, 1.165) is 4.90 Å². The molecule has 1 aliphatic heterocycles. The van der Waals surface area contributed by atoms with Gasteiger partial charge in [0.05, 0.1) is 11.1 Å². The summed E-state index contributed by atoms with van der Waals surface area (Å²) < 4.78 is 10.8. The standard InChI is InChI=1S/C23H29NO6/c1-7-15(12-13-18(25)30-23(4,5)6)29-22(28)19(14(2)3)24-20(26)16-10-8-9-11-17(16)21(24)27/h7-11,14-15,19H,1,12-13H2,2-6H3/t15-,19+/m1/s1. The topological polar surface area (TPSA) is 90.0 Å². The number of hydrogen-bond acceptors (Lipinski definition) is 6. The molecule has 7 nitrogen and oxygen atoms in total. The minimum atomic E-state index is -1.08. The summed E-state index contributed by atoms with van der Waals surface area (Å²) in [6.07, 6.45) is 0.904. The number of hydrogen-bond donors (Lipinski definition) is 0. The molecule has 0 radical (unpaired) electrons. The number of ether oxygens (including phenoxy) is 2. The highest BCUT2D eigenvalue weighted by molar-refractivity contribution is 6.22. The van der Waals surface area contributed by atoms with E-state index in [0.29, 0.717) is 0 Å². The summed E-state index contributed by atoms with van der Waals surface area (Å²) in [5.74, 6) is -2.53. The van der Waals surface area contributed by atoms with Crippen molar-refractivity contribution in [3.63, 3.8) is 0 Å². The van der Waals surface area contributed by atoms with Crippen molar-refractivity contribution in [2.75, 3.05) is 0 Å². The first kappa shape index (κ1) is 23.3. The molecule has 2 atom stereocenters. The molecule has 0 spiro atoms. The summed E-state index contributed by atoms with van der Waals surface area (Å²) in [5.41, 5.74) is -0.0663. The van der Waals surface area contributed by atoms with Crippen molar-refractivity contribution in [2.45, 2.75) is 65.2 Å². The molecule has 2 rings (SSSR count). The van der Waals surface area contributed by atoms with Gasteiger partial charge in [-0.05, 0) is 45.2 Å². The van der Waals surface area contributed by atoms with E-state index in [-0.39, 0.29) is 29.9 Å². The van der Waals surface area contributed by atoms with Gasteiger partial charge in [0, 0.05) is 6.42 Å². The van der Waals surface area contributed by atoms with Crippen molar-refractivity contribution in [1.82, 2.24) is 4.90 Å². The zero-order valence-corrected chi connectivity index (χ0v) is 18.1. The van der Waals surface area contributed by atoms with Crippen molar-refractivity contribution in [3.8, 4) is 0 Å². The number of esters is 2. The largest absolute Gasteiger partial charge is 0.460 e. The van der Waals surface area contributed by atoms with Crippen LogP contribution in [0.2, 0.25) is 0 Å². The Kier molecular flexibility index (Phi) is 7.18. The number of amides is 2. The lowest BCUT2D eigenvalue weighted by molar-refractivity contribution is -0.159. The van der Waals surface area contributed by atoms with Crippen LogP contribution in [0.25, 0.3) is 0 Å². The quantitative estimate of drug-likeness (QED) is 0.367. The molecule has 0 saturated heterocycles. The average Bonchev–Trinajstić information content (AvgIpc) is 2.89. The van der Waals surface area contributed by atoms with E-state index in [1.54, 1.807) is 58.9 Å². The fourth-order valence-corrected chi connectivity index (χ4v) is 3.23. The Morgan fingerprint density at radius 3 is 2.07 bits per heavy atom. The first-order chi connectivity index (χ1) is 14.0. The molecular weight excluding hydrogens is 386 g/mol. The van der Waals surface area contributed by atoms with Gasteiger partial charge >= 0.3 is 11.9 Å². The van der Waals surface area contributed by atoms with Crippen molar-refractivity contribution in [2.24, 2.45) is 5.92 Å². The van der Waals surface area contributed by atoms with Crippen LogP contribution >= 0.6 is 0 Å². The second kappa shape index (κ2) is 9.24. The number of nitrogens with zero attached hydrogens (tertiary/aromatic N) is 1. The molecule has 0 saturated carbocycles. The predicted molar refractivity (Wildman–Crippen MR) is 111 cm³/mol. The highest BCUT2D eigenvalue weighted by atomic mass is 16.6. The Morgan fingerprint density at radius 2 is 1.63 bits per heavy atom. The van der Waals surface area contributed by atoms with E-state index in [9.17, 15) is 19.2 Å². The number of imide groups is 1. The van der Waals surface area contributed by atoms with Gasteiger partial charge < -0.3 is 9.47 Å². The SMILES string of the molecule is C=C[C@H](CCC(=O)OC(C)(C)C)OC(=O)[C@H](C(C)C)N1C(=O)c2ccccc2C1=O. The van der Waals surface area contributed by atoms with Gasteiger partial charge in [-0.15, -0.1) is 0 Å². The lowest BCUT2D eigenvalue weighted by Crippen LogP contribution is -2.49. The number of benzene rings is 1. The normalized spacial score (nSPS) is 15.6. The van der Waals surface area contributed by atoms with Gasteiger partial charge in [-0.1, -0.05) is 38.6 Å². The van der Waals surface area contributed by atoms with Crippen LogP contribution in [-0.4, -0.2) is 46.4 Å². The lowest BCUT2D eigenvalue weighted by Gasteiger charge is -2.29. The van der Waals surface area contributed by atoms with Crippen LogP contribution in [-0.2, 0) is 19.1 Å². The molecule has 0 aromatic heterocycles. The van der Waals surface area contributed by atoms with Gasteiger partial charge in [0.1, 0.15) is 17.7 Å². The van der Waals surface area contributed by atoms with Crippen LogP contribution in [0.15, 0.2) is 36.9 Å². The molecule has 162 valence electrons. The van der Waals surface area contributed by atoms with Crippen molar-refractivity contribution < 1.29 is 28.7 Å². The van der Waals surface area contributed by atoms with Crippen LogP contribution in [0.5, 0.6) is 0 Å². The van der Waals surface area contributed by atoms with Gasteiger partial charge in [-0.3, -0.25) is 19.3 Å². The Balaban J connectivity index is 2.10. The highest BCUT2D eigenvalue weighted by Gasteiger charge is 2.45. The van der Waals surface area contributed by atoms with Crippen molar-refractivity contribution in [3.05, 3.63) is 48.0 Å². The second-order valence-electron chi connectivity index (χ2n) is 8.55. The number of fused-ring (bicyclic) bond motifs is 1. The third-order valence-corrected chi connectivity index (χ3v) is 4.56. The molecule has 30 heavy (non-hydrogen) atoms. The fourth-order valence-electron chi connectivity index (χ4n) is 3.23. The van der Waals surface area contributed by atoms with E-state index in [1.807, 2.05) is 0 Å². The maximum atomic E-state index is 12.9. The smallest absolute Gasteiger partial charge is 0.330 e. The van der Waals surface area contributed by atoms with Crippen molar-refractivity contribution in [1.29, 1.82) is 0 Å². The lowest BCUT2D eigenvalue weighted by atomic mass is 10.0. The monoisotopic (exact) mass is 415 g/mol. The minimum Gasteiger partial charge on any atom is -0.460 e. The van der Waals surface area contributed by atoms with E-state index < -0.39 is 41.5 Å². The number of rotatable bonds is 8. The minimum absolute atomic E-state index is 0.0423. The highest BCUT2D eigenvalue weighted by Crippen LogP contribution is 2.28. The van der Waals surface area contributed by atoms with E-state index in [1.165, 1.54) is 6.08 Å². The van der Waals surface area contributed by atoms with E-state index >= 15 is 0 Å². The maximum absolute atomic E-state index is 12.9. The molecule has 1 aromatic rings. The molecular formula is C23H29NO6. The summed E-state index contributed by atoms with van der Waals surface area (Å²) in [5, 5.41) is 0. The number of carbonyl (C=O) groups is 4. The van der Waals surface area contributed by atoms with Gasteiger partial charge in [0.25, 0.3) is 11.8 Å². The first-order valence-electron chi connectivity index (χ1n) is 9.98. The van der Waals surface area contributed by atoms with E-state index in [4.69, 9.17) is 9.47 Å². The summed E-state index contributed by atoms with van der Waals surface area (Å²) in [6.45, 7) is 12.4. The summed E-state index contributed by atoms with van der Waals surface area (Å²) in [6, 6.07) is 5.37. The third kappa shape index (κ3) is 5.34. The number of carbonyl (C=O) groups excluding carboxylic acids is 4. The molecule has 0 N–H and O–H groups in total. The molecule has 1 aliphatic rings. The zero-order chi connectivity index (χ0) is 22.6. The van der Waals surface area contributed by atoms with Crippen LogP contribution < -0.4 is 0 Å². The maximum Gasteiger partial charge on any atom is 0.330 e.